The van der Waals surface area contributed by atoms with Crippen LogP contribution >= 0.6 is 0 Å². The third kappa shape index (κ3) is 2.98. The lowest BCUT2D eigenvalue weighted by molar-refractivity contribution is 0.200. The first kappa shape index (κ1) is 19.3. The van der Waals surface area contributed by atoms with E-state index in [1.165, 1.54) is 24.2 Å². The van der Waals surface area contributed by atoms with E-state index in [0.29, 0.717) is 17.8 Å². The summed E-state index contributed by atoms with van der Waals surface area (Å²) in [6.07, 6.45) is 3.28. The number of nitrogens with two attached hydrogens (primary N) is 2. The van der Waals surface area contributed by atoms with Crippen LogP contribution in [0.5, 0.6) is 0 Å². The highest BCUT2D eigenvalue weighted by molar-refractivity contribution is 6.09. The molecular weight excluding hydrogens is 405 g/mol. The molecule has 0 saturated carbocycles. The van der Waals surface area contributed by atoms with Crippen LogP contribution in [0.1, 0.15) is 17.7 Å². The zero-order valence-electron chi connectivity index (χ0n) is 17.8. The number of hydrogen-bond acceptors (Lipinski definition) is 5. The molecule has 2 aromatic carbocycles. The number of anilines is 2. The second-order valence-electron chi connectivity index (χ2n) is 9.16. The first-order valence-electron chi connectivity index (χ1n) is 10.9. The van der Waals surface area contributed by atoms with Crippen molar-refractivity contribution in [3.05, 3.63) is 71.8 Å². The average molecular weight is 432 g/mol. The van der Waals surface area contributed by atoms with Crippen LogP contribution in [0.25, 0.3) is 11.1 Å². The van der Waals surface area contributed by atoms with Crippen LogP contribution in [0.4, 0.5) is 15.8 Å². The first-order valence-corrected chi connectivity index (χ1v) is 10.9. The molecule has 0 unspecified atom stereocenters. The van der Waals surface area contributed by atoms with Gasteiger partial charge >= 0.3 is 0 Å². The molecule has 1 aromatic heterocycles. The Hall–Kier alpha value is -3.36. The Kier molecular flexibility index (Phi) is 4.28. The van der Waals surface area contributed by atoms with E-state index in [1.54, 1.807) is 17.1 Å². The molecule has 164 valence electrons. The number of nitrogens with zero attached hydrogens (tertiary/aromatic N) is 4. The van der Waals surface area contributed by atoms with Gasteiger partial charge in [-0.2, -0.15) is 5.10 Å². The van der Waals surface area contributed by atoms with Gasteiger partial charge in [0, 0.05) is 55.6 Å². The van der Waals surface area contributed by atoms with Gasteiger partial charge in [-0.3, -0.25) is 5.01 Å². The lowest BCUT2D eigenvalue weighted by Gasteiger charge is -2.39. The molecule has 7 nitrogen and oxygen atoms in total. The highest BCUT2D eigenvalue weighted by Crippen LogP contribution is 2.38. The van der Waals surface area contributed by atoms with E-state index >= 15 is 0 Å². The van der Waals surface area contributed by atoms with Crippen molar-refractivity contribution >= 4 is 17.2 Å². The normalized spacial score (nSPS) is 20.2. The van der Waals surface area contributed by atoms with Gasteiger partial charge in [-0.1, -0.05) is 12.1 Å². The lowest BCUT2D eigenvalue weighted by Crippen LogP contribution is -2.54. The molecule has 8 heteroatoms. The summed E-state index contributed by atoms with van der Waals surface area (Å²) in [5.74, 6) is 12.5. The number of nitrogens with one attached hydrogen (secondary N) is 1. The Labute approximate surface area is 186 Å². The minimum Gasteiger partial charge on any atom is -0.371 e. The number of fused-ring (bicyclic) bond motifs is 2. The van der Waals surface area contributed by atoms with Gasteiger partial charge in [-0.25, -0.2) is 10.2 Å². The molecule has 1 spiro atoms. The fraction of sp³-hybridized carbons (Fsp3) is 0.292. The summed E-state index contributed by atoms with van der Waals surface area (Å²) >= 11 is 0. The van der Waals surface area contributed by atoms with E-state index in [4.69, 9.17) is 11.7 Å². The zero-order chi connectivity index (χ0) is 21.9. The van der Waals surface area contributed by atoms with E-state index < -0.39 is 0 Å². The molecule has 4 heterocycles. The van der Waals surface area contributed by atoms with E-state index in [1.807, 2.05) is 12.3 Å². The SMILES string of the molecule is N/N=C1/c2cc(-c3ccc(F)cc3)cn2Cc2cc(N3CCC4(CNC4)C3)ccc2N1N. The second kappa shape index (κ2) is 7.08. The molecule has 6 rings (SSSR count). The van der Waals surface area contributed by atoms with Crippen molar-refractivity contribution in [3.8, 4) is 11.1 Å². The van der Waals surface area contributed by atoms with Crippen molar-refractivity contribution < 1.29 is 4.39 Å². The van der Waals surface area contributed by atoms with Gasteiger partial charge in [0.05, 0.1) is 11.4 Å². The monoisotopic (exact) mass is 431 g/mol. The molecule has 3 aliphatic rings. The largest absolute Gasteiger partial charge is 0.371 e. The summed E-state index contributed by atoms with van der Waals surface area (Å²) in [6, 6.07) is 14.9. The smallest absolute Gasteiger partial charge is 0.190 e. The van der Waals surface area contributed by atoms with Crippen molar-refractivity contribution in [2.45, 2.75) is 13.0 Å². The van der Waals surface area contributed by atoms with Gasteiger partial charge in [-0.05, 0) is 53.9 Å². The van der Waals surface area contributed by atoms with E-state index in [9.17, 15) is 4.39 Å². The molecule has 2 fully saturated rings. The summed E-state index contributed by atoms with van der Waals surface area (Å²) in [6.45, 7) is 5.03. The molecule has 3 aromatic rings. The maximum atomic E-state index is 13.4. The molecule has 5 N–H and O–H groups in total. The second-order valence-corrected chi connectivity index (χ2v) is 9.16. The number of hydrazone groups is 1. The number of benzene rings is 2. The number of hydrogen-bond donors (Lipinski definition) is 3. The topological polar surface area (TPSA) is 87.8 Å². The third-order valence-corrected chi connectivity index (χ3v) is 7.12. The van der Waals surface area contributed by atoms with Crippen molar-refractivity contribution in [2.24, 2.45) is 22.2 Å². The summed E-state index contributed by atoms with van der Waals surface area (Å²) < 4.78 is 15.5. The van der Waals surface area contributed by atoms with Crippen LogP contribution in [0.3, 0.4) is 0 Å². The Morgan fingerprint density at radius 3 is 2.53 bits per heavy atom. The van der Waals surface area contributed by atoms with Crippen molar-refractivity contribution in [3.63, 3.8) is 0 Å². The predicted molar refractivity (Wildman–Crippen MR) is 125 cm³/mol. The fourth-order valence-corrected chi connectivity index (χ4v) is 5.23. The van der Waals surface area contributed by atoms with Crippen molar-refractivity contribution in [2.75, 3.05) is 36.1 Å². The Morgan fingerprint density at radius 1 is 1.03 bits per heavy atom. The van der Waals surface area contributed by atoms with Crippen LogP contribution < -0.4 is 26.9 Å². The molecule has 0 radical (unpaired) electrons. The van der Waals surface area contributed by atoms with E-state index in [-0.39, 0.29) is 5.82 Å². The summed E-state index contributed by atoms with van der Waals surface area (Å²) in [4.78, 5) is 2.48. The molecule has 0 atom stereocenters. The maximum absolute atomic E-state index is 13.4. The highest BCUT2D eigenvalue weighted by atomic mass is 19.1. The number of hydrazine groups is 1. The predicted octanol–water partition coefficient (Wildman–Crippen LogP) is 2.46. The fourth-order valence-electron chi connectivity index (χ4n) is 5.23. The highest BCUT2D eigenvalue weighted by Gasteiger charge is 2.43. The van der Waals surface area contributed by atoms with E-state index in [0.717, 1.165) is 54.3 Å². The van der Waals surface area contributed by atoms with Crippen LogP contribution in [-0.4, -0.2) is 36.6 Å². The molecule has 0 bridgehead atoms. The molecule has 0 aliphatic carbocycles. The van der Waals surface area contributed by atoms with Gasteiger partial charge in [-0.15, -0.1) is 0 Å². The number of rotatable bonds is 2. The lowest BCUT2D eigenvalue weighted by atomic mass is 9.81. The molecule has 0 amide bonds. The quantitative estimate of drug-likeness (QED) is 0.429. The van der Waals surface area contributed by atoms with E-state index in [2.05, 4.69) is 38.1 Å². The Morgan fingerprint density at radius 2 is 1.84 bits per heavy atom. The Balaban J connectivity index is 1.38. The van der Waals surface area contributed by atoms with Gasteiger partial charge < -0.3 is 20.6 Å². The standard InChI is InChI=1S/C24H26FN7/c25-19-3-1-16(2-4-19)17-10-22-23(29-26)32(27)21-6-5-20(9-18(21)12-31(22)11-17)30-8-7-24(15-30)13-28-14-24/h1-6,9-11,28H,7-8,12-15,26-27H2/b29-23-. The number of halogens is 1. The van der Waals surface area contributed by atoms with Crippen LogP contribution in [0.15, 0.2) is 59.8 Å². The molecule has 3 aliphatic heterocycles. The van der Waals surface area contributed by atoms with Crippen molar-refractivity contribution in [1.82, 2.24) is 9.88 Å². The van der Waals surface area contributed by atoms with Crippen LogP contribution in [0.2, 0.25) is 0 Å². The molecule has 32 heavy (non-hydrogen) atoms. The van der Waals surface area contributed by atoms with Crippen LogP contribution in [0, 0.1) is 11.2 Å². The van der Waals surface area contributed by atoms with Crippen molar-refractivity contribution in [1.29, 1.82) is 0 Å². The maximum Gasteiger partial charge on any atom is 0.190 e. The minimum absolute atomic E-state index is 0.255. The number of aromatic nitrogens is 1. The zero-order valence-corrected chi connectivity index (χ0v) is 17.8. The van der Waals surface area contributed by atoms with Gasteiger partial charge in [0.15, 0.2) is 5.84 Å². The third-order valence-electron chi connectivity index (χ3n) is 7.12. The summed E-state index contributed by atoms with van der Waals surface area (Å²) in [5.41, 5.74) is 6.38. The van der Waals surface area contributed by atoms with Gasteiger partial charge in [0.1, 0.15) is 5.82 Å². The number of amidine groups is 1. The average Bonchev–Trinajstić information content (AvgIpc) is 3.38. The Bertz CT molecular complexity index is 1210. The van der Waals surface area contributed by atoms with Gasteiger partial charge in [0.25, 0.3) is 0 Å². The summed E-state index contributed by atoms with van der Waals surface area (Å²) in [5, 5.41) is 8.99. The molecular formula is C24H26FN7. The minimum atomic E-state index is -0.255. The van der Waals surface area contributed by atoms with Gasteiger partial charge in [0.2, 0.25) is 0 Å². The first-order chi connectivity index (χ1) is 15.5. The van der Waals surface area contributed by atoms with Crippen LogP contribution in [-0.2, 0) is 6.54 Å². The molecule has 2 saturated heterocycles. The summed E-state index contributed by atoms with van der Waals surface area (Å²) in [7, 11) is 0.